The Kier molecular flexibility index (Phi) is 4.29. The smallest absolute Gasteiger partial charge is 0.272 e. The molecule has 0 bridgehead atoms. The average Bonchev–Trinajstić information content (AvgIpc) is 2.95. The summed E-state index contributed by atoms with van der Waals surface area (Å²) < 4.78 is 0.872. The van der Waals surface area contributed by atoms with E-state index < -0.39 is 0 Å². The van der Waals surface area contributed by atoms with Crippen molar-refractivity contribution in [2.45, 2.75) is 19.3 Å². The normalized spacial score (nSPS) is 15.0. The molecule has 21 heavy (non-hydrogen) atoms. The van der Waals surface area contributed by atoms with Crippen LogP contribution in [0.5, 0.6) is 0 Å². The van der Waals surface area contributed by atoms with Crippen molar-refractivity contribution in [2.75, 3.05) is 23.3 Å². The number of aromatic amines is 1. The fourth-order valence-electron chi connectivity index (χ4n) is 2.68. The summed E-state index contributed by atoms with van der Waals surface area (Å²) in [5.41, 5.74) is 2.53. The van der Waals surface area contributed by atoms with Gasteiger partial charge in [-0.2, -0.15) is 0 Å². The van der Waals surface area contributed by atoms with Crippen molar-refractivity contribution in [3.05, 3.63) is 46.7 Å². The molecule has 1 aromatic carbocycles. The largest absolute Gasteiger partial charge is 0.370 e. The van der Waals surface area contributed by atoms with Crippen molar-refractivity contribution in [1.29, 1.82) is 0 Å². The van der Waals surface area contributed by atoms with Crippen LogP contribution in [0.3, 0.4) is 0 Å². The number of rotatable bonds is 3. The van der Waals surface area contributed by atoms with Gasteiger partial charge in [0.1, 0.15) is 5.69 Å². The van der Waals surface area contributed by atoms with Gasteiger partial charge in [-0.05, 0) is 53.4 Å². The van der Waals surface area contributed by atoms with Crippen molar-refractivity contribution >= 4 is 33.2 Å². The van der Waals surface area contributed by atoms with Crippen LogP contribution < -0.4 is 10.2 Å². The van der Waals surface area contributed by atoms with Crippen LogP contribution in [0.15, 0.2) is 41.0 Å². The Balaban J connectivity index is 1.80. The van der Waals surface area contributed by atoms with Gasteiger partial charge in [-0.3, -0.25) is 4.79 Å². The lowest BCUT2D eigenvalue weighted by Crippen LogP contribution is -2.30. The second-order valence-electron chi connectivity index (χ2n) is 5.25. The number of halogens is 1. The summed E-state index contributed by atoms with van der Waals surface area (Å²) in [6.07, 6.45) is 5.48. The van der Waals surface area contributed by atoms with E-state index in [1.165, 1.54) is 19.3 Å². The lowest BCUT2D eigenvalue weighted by atomic mass is 10.1. The Morgan fingerprint density at radius 1 is 1.19 bits per heavy atom. The van der Waals surface area contributed by atoms with E-state index in [2.05, 4.69) is 37.2 Å². The third-order valence-electron chi connectivity index (χ3n) is 3.74. The summed E-state index contributed by atoms with van der Waals surface area (Å²) in [7, 11) is 0. The molecule has 1 aliphatic rings. The molecule has 1 aliphatic heterocycles. The second-order valence-corrected chi connectivity index (χ2v) is 6.17. The van der Waals surface area contributed by atoms with Crippen LogP contribution in [0.25, 0.3) is 0 Å². The van der Waals surface area contributed by atoms with Gasteiger partial charge in [-0.15, -0.1) is 0 Å². The van der Waals surface area contributed by atoms with Crippen LogP contribution in [0.1, 0.15) is 29.8 Å². The molecule has 3 rings (SSSR count). The van der Waals surface area contributed by atoms with Gasteiger partial charge in [-0.1, -0.05) is 12.1 Å². The summed E-state index contributed by atoms with van der Waals surface area (Å²) in [4.78, 5) is 17.6. The van der Waals surface area contributed by atoms with Crippen LogP contribution in [-0.4, -0.2) is 24.0 Å². The number of amides is 1. The third kappa shape index (κ3) is 3.29. The van der Waals surface area contributed by atoms with Gasteiger partial charge in [0.15, 0.2) is 0 Å². The van der Waals surface area contributed by atoms with Crippen LogP contribution >= 0.6 is 15.9 Å². The number of anilines is 2. The minimum Gasteiger partial charge on any atom is -0.370 e. The Hall–Kier alpha value is -1.75. The molecule has 0 aliphatic carbocycles. The van der Waals surface area contributed by atoms with Gasteiger partial charge >= 0.3 is 0 Å². The molecule has 1 saturated heterocycles. The predicted octanol–water partition coefficient (Wildman–Crippen LogP) is 4.02. The van der Waals surface area contributed by atoms with E-state index in [9.17, 15) is 4.79 Å². The Bertz CT molecular complexity index is 632. The maximum atomic E-state index is 12.3. The average molecular weight is 348 g/mol. The highest BCUT2D eigenvalue weighted by Gasteiger charge is 2.16. The maximum Gasteiger partial charge on any atom is 0.272 e. The molecule has 2 aromatic rings. The van der Waals surface area contributed by atoms with Crippen molar-refractivity contribution in [2.24, 2.45) is 0 Å². The first kappa shape index (κ1) is 14.2. The van der Waals surface area contributed by atoms with Crippen LogP contribution in [0, 0.1) is 0 Å². The first-order chi connectivity index (χ1) is 10.2. The van der Waals surface area contributed by atoms with Crippen molar-refractivity contribution in [3.8, 4) is 0 Å². The Morgan fingerprint density at radius 2 is 1.95 bits per heavy atom. The van der Waals surface area contributed by atoms with Crippen LogP contribution in [0.2, 0.25) is 0 Å². The standard InChI is InChI=1S/C16H18BrN3O/c17-12-10-14(18-11-12)16(21)19-13-6-2-3-7-15(13)20-8-4-1-5-9-20/h2-3,6-7,10-11,18H,1,4-5,8-9H2,(H,19,21). The SMILES string of the molecule is O=C(Nc1ccccc1N1CCCCC1)c1cc(Br)c[nH]1. The van der Waals surface area contributed by atoms with E-state index in [-0.39, 0.29) is 5.91 Å². The highest BCUT2D eigenvalue weighted by Crippen LogP contribution is 2.28. The van der Waals surface area contributed by atoms with Gasteiger partial charge in [0.2, 0.25) is 0 Å². The molecule has 2 N–H and O–H groups in total. The summed E-state index contributed by atoms with van der Waals surface area (Å²) in [6.45, 7) is 2.11. The molecule has 0 radical (unpaired) electrons. The van der Waals surface area contributed by atoms with E-state index >= 15 is 0 Å². The molecule has 1 fully saturated rings. The molecule has 5 heteroatoms. The topological polar surface area (TPSA) is 48.1 Å². The van der Waals surface area contributed by atoms with Crippen molar-refractivity contribution in [3.63, 3.8) is 0 Å². The predicted molar refractivity (Wildman–Crippen MR) is 89.0 cm³/mol. The number of piperidine rings is 1. The molecule has 0 spiro atoms. The lowest BCUT2D eigenvalue weighted by molar-refractivity contribution is 0.102. The number of hydrogen-bond acceptors (Lipinski definition) is 2. The van der Waals surface area contributed by atoms with E-state index in [0.29, 0.717) is 5.69 Å². The molecule has 0 unspecified atom stereocenters. The van der Waals surface area contributed by atoms with Crippen LogP contribution in [-0.2, 0) is 0 Å². The number of para-hydroxylation sites is 2. The lowest BCUT2D eigenvalue weighted by Gasteiger charge is -2.30. The summed E-state index contributed by atoms with van der Waals surface area (Å²) in [5, 5.41) is 3.00. The van der Waals surface area contributed by atoms with Gasteiger partial charge in [0.25, 0.3) is 5.91 Å². The molecule has 1 aromatic heterocycles. The zero-order chi connectivity index (χ0) is 14.7. The molecule has 2 heterocycles. The highest BCUT2D eigenvalue weighted by molar-refractivity contribution is 9.10. The van der Waals surface area contributed by atoms with E-state index in [1.807, 2.05) is 18.2 Å². The van der Waals surface area contributed by atoms with Gasteiger partial charge in [0.05, 0.1) is 11.4 Å². The van der Waals surface area contributed by atoms with Gasteiger partial charge < -0.3 is 15.2 Å². The van der Waals surface area contributed by atoms with E-state index in [4.69, 9.17) is 0 Å². The summed E-state index contributed by atoms with van der Waals surface area (Å²) >= 11 is 3.34. The monoisotopic (exact) mass is 347 g/mol. The second kappa shape index (κ2) is 6.35. The zero-order valence-electron chi connectivity index (χ0n) is 11.7. The maximum absolute atomic E-state index is 12.3. The number of aromatic nitrogens is 1. The quantitative estimate of drug-likeness (QED) is 0.880. The fourth-order valence-corrected chi connectivity index (χ4v) is 3.02. The fraction of sp³-hybridized carbons (Fsp3) is 0.312. The van der Waals surface area contributed by atoms with Crippen molar-refractivity contribution in [1.82, 2.24) is 4.98 Å². The molecular formula is C16H18BrN3O. The Morgan fingerprint density at radius 3 is 2.67 bits per heavy atom. The van der Waals surface area contributed by atoms with E-state index in [0.717, 1.165) is 28.9 Å². The summed E-state index contributed by atoms with van der Waals surface area (Å²) in [6, 6.07) is 9.78. The number of nitrogens with one attached hydrogen (secondary N) is 2. The van der Waals surface area contributed by atoms with Gasteiger partial charge in [0, 0.05) is 23.8 Å². The highest BCUT2D eigenvalue weighted by atomic mass is 79.9. The zero-order valence-corrected chi connectivity index (χ0v) is 13.3. The van der Waals surface area contributed by atoms with Gasteiger partial charge in [-0.25, -0.2) is 0 Å². The molecule has 110 valence electrons. The Labute approximate surface area is 132 Å². The molecule has 0 saturated carbocycles. The van der Waals surface area contributed by atoms with Crippen LogP contribution in [0.4, 0.5) is 11.4 Å². The summed E-state index contributed by atoms with van der Waals surface area (Å²) in [5.74, 6) is -0.120. The molecular weight excluding hydrogens is 330 g/mol. The number of hydrogen-bond donors (Lipinski definition) is 2. The molecule has 4 nitrogen and oxygen atoms in total. The number of nitrogens with zero attached hydrogens (tertiary/aromatic N) is 1. The van der Waals surface area contributed by atoms with E-state index in [1.54, 1.807) is 12.3 Å². The number of carbonyl (C=O) groups is 1. The number of benzene rings is 1. The molecule has 0 atom stereocenters. The first-order valence-corrected chi connectivity index (χ1v) is 8.02. The minimum atomic E-state index is -0.120. The first-order valence-electron chi connectivity index (χ1n) is 7.23. The molecule has 1 amide bonds. The number of carbonyl (C=O) groups excluding carboxylic acids is 1. The number of H-pyrrole nitrogens is 1. The third-order valence-corrected chi connectivity index (χ3v) is 4.20. The minimum absolute atomic E-state index is 0.120. The van der Waals surface area contributed by atoms with Crippen molar-refractivity contribution < 1.29 is 4.79 Å².